The van der Waals surface area contributed by atoms with E-state index in [0.717, 1.165) is 0 Å². The molecule has 10 heteroatoms. The van der Waals surface area contributed by atoms with Crippen LogP contribution in [0.1, 0.15) is 48.9 Å². The number of ether oxygens (including phenoxy) is 2. The van der Waals surface area contributed by atoms with Crippen molar-refractivity contribution in [3.8, 4) is 0 Å². The van der Waals surface area contributed by atoms with Gasteiger partial charge in [0.1, 0.15) is 12.3 Å². The van der Waals surface area contributed by atoms with Crippen LogP contribution in [0, 0.1) is 13.8 Å². The number of hydrogen-bond donors (Lipinski definition) is 4. The number of aromatic nitrogens is 1. The summed E-state index contributed by atoms with van der Waals surface area (Å²) in [5.74, 6) is -2.07. The maximum Gasteiger partial charge on any atom is 0.340 e. The number of nitrogens with one attached hydrogen (secondary N) is 3. The van der Waals surface area contributed by atoms with Gasteiger partial charge >= 0.3 is 5.97 Å². The van der Waals surface area contributed by atoms with Gasteiger partial charge in [-0.25, -0.2) is 4.79 Å². The first-order chi connectivity index (χ1) is 14.8. The lowest BCUT2D eigenvalue weighted by atomic mass is 10.1. The second-order valence-electron chi connectivity index (χ2n) is 6.73. The standard InChI is InChI=1S/C21H26N4O6/c1-12-17(21(29)31-11-10-30-3)13(2)24-18(12)20(28)25-15-7-5-4-6-14(15)19(27)23-9-8-16(22)26/h4-7,24H,8-11H2,1-3H3,(H2,22,26)(H,23,27)(H,25,28). The third kappa shape index (κ3) is 6.16. The Morgan fingerprint density at radius 2 is 1.77 bits per heavy atom. The molecule has 1 aromatic carbocycles. The molecular weight excluding hydrogens is 404 g/mol. The first-order valence-corrected chi connectivity index (χ1v) is 9.58. The summed E-state index contributed by atoms with van der Waals surface area (Å²) in [5, 5.41) is 5.26. The van der Waals surface area contributed by atoms with E-state index >= 15 is 0 Å². The Bertz CT molecular complexity index is 982. The van der Waals surface area contributed by atoms with Crippen molar-refractivity contribution in [3.05, 3.63) is 52.3 Å². The number of para-hydroxylation sites is 1. The van der Waals surface area contributed by atoms with Crippen LogP contribution in [0.15, 0.2) is 24.3 Å². The van der Waals surface area contributed by atoms with Gasteiger partial charge in [-0.3, -0.25) is 14.4 Å². The summed E-state index contributed by atoms with van der Waals surface area (Å²) in [7, 11) is 1.50. The summed E-state index contributed by atoms with van der Waals surface area (Å²) in [4.78, 5) is 51.3. The van der Waals surface area contributed by atoms with Crippen LogP contribution in [-0.4, -0.2) is 55.5 Å². The van der Waals surface area contributed by atoms with Crippen LogP contribution in [0.4, 0.5) is 5.69 Å². The minimum Gasteiger partial charge on any atom is -0.460 e. The number of carbonyl (C=O) groups is 4. The van der Waals surface area contributed by atoms with Crippen LogP contribution < -0.4 is 16.4 Å². The first-order valence-electron chi connectivity index (χ1n) is 9.58. The van der Waals surface area contributed by atoms with Crippen molar-refractivity contribution in [3.63, 3.8) is 0 Å². The number of rotatable bonds is 10. The number of esters is 1. The molecule has 0 radical (unpaired) electrons. The van der Waals surface area contributed by atoms with Gasteiger partial charge in [0.05, 0.1) is 23.4 Å². The molecule has 0 aliphatic heterocycles. The number of anilines is 1. The Kier molecular flexibility index (Phi) is 8.33. The predicted molar refractivity (Wildman–Crippen MR) is 113 cm³/mol. The maximum atomic E-state index is 12.9. The van der Waals surface area contributed by atoms with E-state index in [9.17, 15) is 19.2 Å². The summed E-state index contributed by atoms with van der Waals surface area (Å²) >= 11 is 0. The second kappa shape index (κ2) is 10.9. The third-order valence-electron chi connectivity index (χ3n) is 4.47. The fourth-order valence-electron chi connectivity index (χ4n) is 2.94. The van der Waals surface area contributed by atoms with Gasteiger partial charge in [-0.15, -0.1) is 0 Å². The van der Waals surface area contributed by atoms with Gasteiger partial charge in [0.25, 0.3) is 11.8 Å². The molecule has 0 unspecified atom stereocenters. The zero-order valence-electron chi connectivity index (χ0n) is 17.7. The van der Waals surface area contributed by atoms with Crippen LogP contribution >= 0.6 is 0 Å². The molecule has 5 N–H and O–H groups in total. The van der Waals surface area contributed by atoms with Crippen LogP contribution in [0.2, 0.25) is 0 Å². The highest BCUT2D eigenvalue weighted by molar-refractivity contribution is 6.10. The number of aryl methyl sites for hydroxylation is 1. The smallest absolute Gasteiger partial charge is 0.340 e. The van der Waals surface area contributed by atoms with Gasteiger partial charge in [-0.1, -0.05) is 12.1 Å². The quantitative estimate of drug-likeness (QED) is 0.329. The molecule has 31 heavy (non-hydrogen) atoms. The Balaban J connectivity index is 2.17. The molecule has 0 spiro atoms. The van der Waals surface area contributed by atoms with Crippen molar-refractivity contribution < 1.29 is 28.7 Å². The fraction of sp³-hybridized carbons (Fsp3) is 0.333. The fourth-order valence-corrected chi connectivity index (χ4v) is 2.94. The monoisotopic (exact) mass is 430 g/mol. The molecule has 2 aromatic rings. The van der Waals surface area contributed by atoms with Gasteiger partial charge < -0.3 is 30.8 Å². The van der Waals surface area contributed by atoms with E-state index in [4.69, 9.17) is 15.2 Å². The molecule has 166 valence electrons. The molecule has 0 saturated carbocycles. The zero-order chi connectivity index (χ0) is 23.0. The highest BCUT2D eigenvalue weighted by Gasteiger charge is 2.24. The highest BCUT2D eigenvalue weighted by Crippen LogP contribution is 2.22. The van der Waals surface area contributed by atoms with E-state index in [-0.39, 0.29) is 48.7 Å². The average molecular weight is 430 g/mol. The Hall–Kier alpha value is -3.66. The van der Waals surface area contributed by atoms with Crippen molar-refractivity contribution in [2.75, 3.05) is 32.2 Å². The van der Waals surface area contributed by atoms with Gasteiger partial charge in [0.2, 0.25) is 5.91 Å². The number of primary amides is 1. The molecule has 0 atom stereocenters. The number of hydrogen-bond acceptors (Lipinski definition) is 6. The molecule has 1 aromatic heterocycles. The number of benzene rings is 1. The van der Waals surface area contributed by atoms with E-state index in [1.54, 1.807) is 38.1 Å². The maximum absolute atomic E-state index is 12.9. The molecule has 1 heterocycles. The SMILES string of the molecule is COCCOC(=O)c1c(C)[nH]c(C(=O)Nc2ccccc2C(=O)NCCC(N)=O)c1C. The van der Waals surface area contributed by atoms with Gasteiger partial charge in [0, 0.05) is 25.8 Å². The number of H-pyrrole nitrogens is 1. The number of aromatic amines is 1. The summed E-state index contributed by atoms with van der Waals surface area (Å²) < 4.78 is 10.0. The Labute approximate surface area is 179 Å². The van der Waals surface area contributed by atoms with Crippen molar-refractivity contribution in [1.82, 2.24) is 10.3 Å². The minimum absolute atomic E-state index is 0.00443. The first kappa shape index (κ1) is 23.6. The summed E-state index contributed by atoms with van der Waals surface area (Å²) in [6, 6.07) is 6.44. The molecule has 0 bridgehead atoms. The number of methoxy groups -OCH3 is 1. The van der Waals surface area contributed by atoms with E-state index in [1.807, 2.05) is 0 Å². The lowest BCUT2D eigenvalue weighted by Crippen LogP contribution is -2.29. The molecule has 0 aliphatic rings. The summed E-state index contributed by atoms with van der Waals surface area (Å²) in [5.41, 5.74) is 6.95. The molecule has 10 nitrogen and oxygen atoms in total. The molecule has 2 rings (SSSR count). The van der Waals surface area contributed by atoms with E-state index in [2.05, 4.69) is 15.6 Å². The van der Waals surface area contributed by atoms with Crippen molar-refractivity contribution >= 4 is 29.4 Å². The number of amides is 3. The largest absolute Gasteiger partial charge is 0.460 e. The lowest BCUT2D eigenvalue weighted by Gasteiger charge is -2.11. The minimum atomic E-state index is -0.559. The van der Waals surface area contributed by atoms with Gasteiger partial charge in [0.15, 0.2) is 0 Å². The summed E-state index contributed by atoms with van der Waals surface area (Å²) in [6.07, 6.45) is 0.00443. The Morgan fingerprint density at radius 3 is 2.45 bits per heavy atom. The Morgan fingerprint density at radius 1 is 1.06 bits per heavy atom. The molecule has 3 amide bonds. The normalized spacial score (nSPS) is 10.4. The number of nitrogens with two attached hydrogens (primary N) is 1. The van der Waals surface area contributed by atoms with Crippen molar-refractivity contribution in [2.24, 2.45) is 5.73 Å². The lowest BCUT2D eigenvalue weighted by molar-refractivity contribution is -0.117. The van der Waals surface area contributed by atoms with Crippen molar-refractivity contribution in [1.29, 1.82) is 0 Å². The topological polar surface area (TPSA) is 153 Å². The van der Waals surface area contributed by atoms with Crippen LogP contribution in [0.25, 0.3) is 0 Å². The van der Waals surface area contributed by atoms with Crippen LogP contribution in [0.5, 0.6) is 0 Å². The van der Waals surface area contributed by atoms with Gasteiger partial charge in [-0.05, 0) is 31.5 Å². The van der Waals surface area contributed by atoms with Crippen LogP contribution in [0.3, 0.4) is 0 Å². The van der Waals surface area contributed by atoms with Crippen LogP contribution in [-0.2, 0) is 14.3 Å². The van der Waals surface area contributed by atoms with Gasteiger partial charge in [-0.2, -0.15) is 0 Å². The van der Waals surface area contributed by atoms with E-state index in [1.165, 1.54) is 7.11 Å². The molecular formula is C21H26N4O6. The zero-order valence-corrected chi connectivity index (χ0v) is 17.7. The van der Waals surface area contributed by atoms with Crippen molar-refractivity contribution in [2.45, 2.75) is 20.3 Å². The van der Waals surface area contributed by atoms with E-state index < -0.39 is 23.7 Å². The average Bonchev–Trinajstić information content (AvgIpc) is 3.02. The molecule has 0 aliphatic carbocycles. The molecule has 0 saturated heterocycles. The number of carbonyl (C=O) groups excluding carboxylic acids is 4. The molecule has 0 fully saturated rings. The highest BCUT2D eigenvalue weighted by atomic mass is 16.6. The van der Waals surface area contributed by atoms with E-state index in [0.29, 0.717) is 11.3 Å². The predicted octanol–water partition coefficient (Wildman–Crippen LogP) is 1.29. The second-order valence-corrected chi connectivity index (χ2v) is 6.73. The third-order valence-corrected chi connectivity index (χ3v) is 4.47. The summed E-state index contributed by atoms with van der Waals surface area (Å²) in [6.45, 7) is 3.74.